The summed E-state index contributed by atoms with van der Waals surface area (Å²) in [5.41, 5.74) is -0.236. The van der Waals surface area contributed by atoms with Crippen LogP contribution in [0.4, 0.5) is 53.4 Å². The molecule has 0 saturated heterocycles. The number of hydrogen-bond acceptors (Lipinski definition) is 10. The largest absolute Gasteiger partial charge is 0.494 e. The smallest absolute Gasteiger partial charge is 0.421 e. The first-order chi connectivity index (χ1) is 19.3. The first-order valence-corrected chi connectivity index (χ1v) is 12.1. The molecule has 0 radical (unpaired) electrons. The van der Waals surface area contributed by atoms with Crippen molar-refractivity contribution >= 4 is 46.1 Å². The molecule has 41 heavy (non-hydrogen) atoms. The second-order valence-electron chi connectivity index (χ2n) is 9.00. The van der Waals surface area contributed by atoms with Crippen molar-refractivity contribution in [1.82, 2.24) is 14.9 Å². The summed E-state index contributed by atoms with van der Waals surface area (Å²) in [6, 6.07) is 8.18. The number of anilines is 6. The molecule has 0 spiro atoms. The molecule has 3 aromatic rings. The topological polar surface area (TPSA) is 138 Å². The monoisotopic (exact) mass is 574 g/mol. The molecule has 0 atom stereocenters. The number of alkyl halides is 3. The van der Waals surface area contributed by atoms with Crippen LogP contribution in [0.5, 0.6) is 5.75 Å². The maximum Gasteiger partial charge on any atom is 0.421 e. The Balaban J connectivity index is 2.04. The van der Waals surface area contributed by atoms with Crippen molar-refractivity contribution in [3.63, 3.8) is 0 Å². The Hall–Kier alpha value is -4.92. The number of benzene rings is 2. The highest BCUT2D eigenvalue weighted by molar-refractivity contribution is 6.02. The SMILES string of the molecule is C=CC(=O)Nc1cc(Nc2ncc(C(F)(F)F)c(Nc3cccc([N+](=O)[O-])c3)n2)c(OC)cc1N(C)CCN(C)C. The minimum atomic E-state index is -4.82. The van der Waals surface area contributed by atoms with Gasteiger partial charge >= 0.3 is 6.18 Å². The summed E-state index contributed by atoms with van der Waals surface area (Å²) >= 11 is 0. The number of non-ortho nitro benzene ring substituents is 1. The van der Waals surface area contributed by atoms with E-state index in [9.17, 15) is 28.1 Å². The Kier molecular flexibility index (Phi) is 9.67. The highest BCUT2D eigenvalue weighted by Crippen LogP contribution is 2.39. The molecule has 0 aliphatic carbocycles. The molecular formula is C26H29F3N8O4. The Labute approximate surface area is 234 Å². The summed E-state index contributed by atoms with van der Waals surface area (Å²) in [5, 5.41) is 19.2. The highest BCUT2D eigenvalue weighted by atomic mass is 19.4. The number of nitro groups is 1. The molecule has 15 heteroatoms. The van der Waals surface area contributed by atoms with Gasteiger partial charge < -0.3 is 30.5 Å². The molecule has 218 valence electrons. The number of amides is 1. The summed E-state index contributed by atoms with van der Waals surface area (Å²) in [6.07, 6.45) is -3.13. The maximum absolute atomic E-state index is 13.8. The third-order valence-electron chi connectivity index (χ3n) is 5.72. The fraction of sp³-hybridized carbons (Fsp3) is 0.269. The molecule has 0 saturated carbocycles. The Morgan fingerprint density at radius 2 is 1.88 bits per heavy atom. The van der Waals surface area contributed by atoms with Crippen LogP contribution in [0.2, 0.25) is 0 Å². The second kappa shape index (κ2) is 13.0. The van der Waals surface area contributed by atoms with E-state index in [1.165, 1.54) is 31.4 Å². The van der Waals surface area contributed by atoms with Crippen molar-refractivity contribution in [2.75, 3.05) is 62.2 Å². The van der Waals surface area contributed by atoms with E-state index in [0.717, 1.165) is 12.1 Å². The predicted molar refractivity (Wildman–Crippen MR) is 150 cm³/mol. The molecule has 1 aromatic heterocycles. The van der Waals surface area contributed by atoms with Gasteiger partial charge in [-0.15, -0.1) is 0 Å². The number of nitrogens with one attached hydrogen (secondary N) is 3. The summed E-state index contributed by atoms with van der Waals surface area (Å²) in [7, 11) is 7.09. The number of rotatable bonds is 12. The van der Waals surface area contributed by atoms with Crippen molar-refractivity contribution in [3.05, 3.63) is 70.9 Å². The molecule has 0 aliphatic rings. The van der Waals surface area contributed by atoms with Gasteiger partial charge in [-0.1, -0.05) is 12.6 Å². The molecule has 3 rings (SSSR count). The summed E-state index contributed by atoms with van der Waals surface area (Å²) < 4.78 is 46.8. The number of carbonyl (C=O) groups excluding carboxylic acids is 1. The second-order valence-corrected chi connectivity index (χ2v) is 9.00. The molecule has 2 aromatic carbocycles. The van der Waals surface area contributed by atoms with Gasteiger partial charge in [0.2, 0.25) is 11.9 Å². The van der Waals surface area contributed by atoms with Gasteiger partial charge in [0.1, 0.15) is 17.1 Å². The van der Waals surface area contributed by atoms with E-state index < -0.39 is 28.4 Å². The van der Waals surface area contributed by atoms with Gasteiger partial charge in [0.05, 0.1) is 29.1 Å². The van der Waals surface area contributed by atoms with E-state index in [0.29, 0.717) is 36.4 Å². The molecule has 12 nitrogen and oxygen atoms in total. The van der Waals surface area contributed by atoms with Gasteiger partial charge in [0.25, 0.3) is 5.69 Å². The lowest BCUT2D eigenvalue weighted by molar-refractivity contribution is -0.384. The van der Waals surface area contributed by atoms with E-state index in [4.69, 9.17) is 4.74 Å². The zero-order valence-electron chi connectivity index (χ0n) is 22.7. The van der Waals surface area contributed by atoms with E-state index in [1.807, 2.05) is 30.9 Å². The van der Waals surface area contributed by atoms with Crippen molar-refractivity contribution in [1.29, 1.82) is 0 Å². The van der Waals surface area contributed by atoms with Crippen LogP contribution in [-0.2, 0) is 11.0 Å². The number of carbonyl (C=O) groups is 1. The first-order valence-electron chi connectivity index (χ1n) is 12.1. The molecule has 3 N–H and O–H groups in total. The molecule has 0 aliphatic heterocycles. The number of halogens is 3. The van der Waals surface area contributed by atoms with Crippen molar-refractivity contribution < 1.29 is 27.6 Å². The zero-order chi connectivity index (χ0) is 30.3. The van der Waals surface area contributed by atoms with E-state index in [2.05, 4.69) is 32.5 Å². The average Bonchev–Trinajstić information content (AvgIpc) is 2.91. The highest BCUT2D eigenvalue weighted by Gasteiger charge is 2.35. The molecule has 0 unspecified atom stereocenters. The van der Waals surface area contributed by atoms with Crippen LogP contribution in [0.3, 0.4) is 0 Å². The minimum Gasteiger partial charge on any atom is -0.494 e. The van der Waals surface area contributed by atoms with E-state index in [-0.39, 0.29) is 23.0 Å². The van der Waals surface area contributed by atoms with Crippen LogP contribution in [0.15, 0.2) is 55.3 Å². The number of nitrogens with zero attached hydrogens (tertiary/aromatic N) is 5. The third kappa shape index (κ3) is 8.04. The van der Waals surface area contributed by atoms with Crippen LogP contribution in [-0.4, -0.2) is 67.0 Å². The summed E-state index contributed by atoms with van der Waals surface area (Å²) in [6.45, 7) is 4.79. The number of hydrogen-bond donors (Lipinski definition) is 3. The Bertz CT molecular complexity index is 1430. The van der Waals surface area contributed by atoms with Gasteiger partial charge in [-0.25, -0.2) is 4.98 Å². The molecule has 0 bridgehead atoms. The number of nitro benzene ring substituents is 1. The lowest BCUT2D eigenvalue weighted by Gasteiger charge is -2.26. The normalized spacial score (nSPS) is 11.1. The van der Waals surface area contributed by atoms with Crippen molar-refractivity contribution in [3.8, 4) is 5.75 Å². The van der Waals surface area contributed by atoms with Crippen LogP contribution in [0.1, 0.15) is 5.56 Å². The van der Waals surface area contributed by atoms with E-state index >= 15 is 0 Å². The van der Waals surface area contributed by atoms with Crippen molar-refractivity contribution in [2.24, 2.45) is 0 Å². The molecule has 1 heterocycles. The Morgan fingerprint density at radius 3 is 2.49 bits per heavy atom. The standard InChI is InChI=1S/C26H29F3N8O4/c1-6-23(38)32-19-13-20(22(41-5)14-21(19)36(4)11-10-35(2)3)33-25-30-15-18(26(27,28)29)24(34-25)31-16-8-7-9-17(12-16)37(39)40/h6-9,12-15H,1,10-11H2,2-5H3,(H,32,38)(H2,30,31,33,34). The average molecular weight is 575 g/mol. The minimum absolute atomic E-state index is 0.0199. The molecule has 0 fully saturated rings. The lowest BCUT2D eigenvalue weighted by atomic mass is 10.2. The zero-order valence-corrected chi connectivity index (χ0v) is 22.7. The number of aromatic nitrogens is 2. The fourth-order valence-electron chi connectivity index (χ4n) is 3.60. The molecule has 1 amide bonds. The van der Waals surface area contributed by atoms with E-state index in [1.54, 1.807) is 6.07 Å². The third-order valence-corrected chi connectivity index (χ3v) is 5.72. The lowest BCUT2D eigenvalue weighted by Crippen LogP contribution is -2.29. The first kappa shape index (κ1) is 30.6. The number of ether oxygens (including phenoxy) is 1. The Morgan fingerprint density at radius 1 is 1.15 bits per heavy atom. The summed E-state index contributed by atoms with van der Waals surface area (Å²) in [4.78, 5) is 34.3. The quantitative estimate of drug-likeness (QED) is 0.154. The van der Waals surface area contributed by atoms with Gasteiger partial charge in [-0.3, -0.25) is 14.9 Å². The number of likely N-dealkylation sites (N-methyl/N-ethyl adjacent to an activating group) is 2. The van der Waals surface area contributed by atoms with Gasteiger partial charge in [0, 0.05) is 50.2 Å². The van der Waals surface area contributed by atoms with Crippen LogP contribution in [0, 0.1) is 10.1 Å². The van der Waals surface area contributed by atoms with Gasteiger partial charge in [0.15, 0.2) is 0 Å². The van der Waals surface area contributed by atoms with Gasteiger partial charge in [-0.05, 0) is 32.3 Å². The van der Waals surface area contributed by atoms with Crippen molar-refractivity contribution in [2.45, 2.75) is 6.18 Å². The van der Waals surface area contributed by atoms with Crippen LogP contribution >= 0.6 is 0 Å². The van der Waals surface area contributed by atoms with Crippen LogP contribution in [0.25, 0.3) is 0 Å². The van der Waals surface area contributed by atoms with Gasteiger partial charge in [-0.2, -0.15) is 18.2 Å². The maximum atomic E-state index is 13.8. The predicted octanol–water partition coefficient (Wildman–Crippen LogP) is 5.02. The van der Waals surface area contributed by atoms with Crippen LogP contribution < -0.4 is 25.6 Å². The fourth-order valence-corrected chi connectivity index (χ4v) is 3.60. The molecular weight excluding hydrogens is 545 g/mol. The summed E-state index contributed by atoms with van der Waals surface area (Å²) in [5.74, 6) is -1.05. The number of methoxy groups -OCH3 is 1.